The summed E-state index contributed by atoms with van der Waals surface area (Å²) < 4.78 is 0. The summed E-state index contributed by atoms with van der Waals surface area (Å²) in [5.41, 5.74) is 17.6. The minimum absolute atomic E-state index is 0.0618. The zero-order valence-electron chi connectivity index (χ0n) is 35.2. The van der Waals surface area contributed by atoms with Gasteiger partial charge in [0.1, 0.15) is 0 Å². The van der Waals surface area contributed by atoms with Crippen molar-refractivity contribution in [3.05, 3.63) is 230 Å². The van der Waals surface area contributed by atoms with E-state index in [9.17, 15) is 0 Å². The Bertz CT molecular complexity index is 3580. The van der Waals surface area contributed by atoms with Gasteiger partial charge >= 0.3 is 0 Å². The van der Waals surface area contributed by atoms with Crippen molar-refractivity contribution >= 4 is 32.3 Å². The van der Waals surface area contributed by atoms with Gasteiger partial charge in [0.25, 0.3) is 0 Å². The summed E-state index contributed by atoms with van der Waals surface area (Å²) in [4.78, 5) is 10.5. The van der Waals surface area contributed by atoms with Crippen LogP contribution in [-0.4, -0.2) is 9.97 Å². The Balaban J connectivity index is 0.982. The second-order valence-electron chi connectivity index (χ2n) is 17.3. The average molecular weight is 803 g/mol. The summed E-state index contributed by atoms with van der Waals surface area (Å²) in [7, 11) is 0. The standard InChI is InChI=1S/C61H42N2/c1-61(2)55-25-13-12-23-54(55)59-53(24-14-26-56(59)61)51-34-33-49(45-19-8-9-20-46(45)51)50-35-36-52(48-22-11-10-21-47(48)50)58-38-57(62-60(63-58)42-16-4-3-5-17-42)41-30-27-40(28-31-41)44-32-29-39-15-6-7-18-43(39)37-44/h3-38H,1-2H3. The van der Waals surface area contributed by atoms with Gasteiger partial charge in [-0.05, 0) is 100 Å². The van der Waals surface area contributed by atoms with Gasteiger partial charge in [-0.15, -0.1) is 0 Å². The van der Waals surface area contributed by atoms with E-state index < -0.39 is 0 Å². The van der Waals surface area contributed by atoms with E-state index in [0.717, 1.165) is 33.5 Å². The van der Waals surface area contributed by atoms with Gasteiger partial charge in [-0.25, -0.2) is 9.97 Å². The number of rotatable bonds is 6. The van der Waals surface area contributed by atoms with Crippen molar-refractivity contribution in [1.29, 1.82) is 0 Å². The Morgan fingerprint density at radius 3 is 1.52 bits per heavy atom. The quantitative estimate of drug-likeness (QED) is 0.167. The lowest BCUT2D eigenvalue weighted by Crippen LogP contribution is -2.14. The van der Waals surface area contributed by atoms with Gasteiger partial charge in [0, 0.05) is 22.1 Å². The average Bonchev–Trinajstić information content (AvgIpc) is 3.59. The molecule has 63 heavy (non-hydrogen) atoms. The summed E-state index contributed by atoms with van der Waals surface area (Å²) in [6.07, 6.45) is 0. The molecule has 12 rings (SSSR count). The molecule has 1 aliphatic rings. The highest BCUT2D eigenvalue weighted by Crippen LogP contribution is 2.53. The first-order valence-electron chi connectivity index (χ1n) is 21.8. The van der Waals surface area contributed by atoms with Crippen LogP contribution < -0.4 is 0 Å². The monoisotopic (exact) mass is 802 g/mol. The highest BCUT2D eigenvalue weighted by atomic mass is 14.9. The molecule has 0 fully saturated rings. The van der Waals surface area contributed by atoms with Gasteiger partial charge in [-0.3, -0.25) is 0 Å². The van der Waals surface area contributed by atoms with Gasteiger partial charge in [0.05, 0.1) is 11.4 Å². The third-order valence-corrected chi connectivity index (χ3v) is 13.3. The van der Waals surface area contributed by atoms with Crippen LogP contribution in [0.25, 0.3) is 111 Å². The van der Waals surface area contributed by atoms with Crippen molar-refractivity contribution in [1.82, 2.24) is 9.97 Å². The molecule has 0 saturated heterocycles. The number of fused-ring (bicyclic) bond motifs is 6. The fraction of sp³-hybridized carbons (Fsp3) is 0.0492. The van der Waals surface area contributed by atoms with Crippen LogP contribution in [0.1, 0.15) is 25.0 Å². The number of aromatic nitrogens is 2. The van der Waals surface area contributed by atoms with E-state index in [2.05, 4.69) is 214 Å². The molecule has 1 aliphatic carbocycles. The zero-order valence-corrected chi connectivity index (χ0v) is 35.2. The fourth-order valence-corrected chi connectivity index (χ4v) is 10.2. The maximum absolute atomic E-state index is 5.28. The second kappa shape index (κ2) is 14.6. The van der Waals surface area contributed by atoms with E-state index in [1.807, 2.05) is 18.2 Å². The molecule has 1 heterocycles. The third-order valence-electron chi connectivity index (χ3n) is 13.3. The fourth-order valence-electron chi connectivity index (χ4n) is 10.2. The predicted octanol–water partition coefficient (Wildman–Crippen LogP) is 16.2. The molecule has 1 aromatic heterocycles. The molecule has 296 valence electrons. The molecule has 11 aromatic rings. The predicted molar refractivity (Wildman–Crippen MR) is 265 cm³/mol. The van der Waals surface area contributed by atoms with Gasteiger partial charge in [-0.2, -0.15) is 0 Å². The van der Waals surface area contributed by atoms with Crippen molar-refractivity contribution in [3.63, 3.8) is 0 Å². The van der Waals surface area contributed by atoms with E-state index in [4.69, 9.17) is 9.97 Å². The first-order valence-corrected chi connectivity index (χ1v) is 21.8. The lowest BCUT2D eigenvalue weighted by atomic mass is 9.81. The topological polar surface area (TPSA) is 25.8 Å². The summed E-state index contributed by atoms with van der Waals surface area (Å²) >= 11 is 0. The van der Waals surface area contributed by atoms with Crippen LogP contribution in [-0.2, 0) is 5.41 Å². The number of hydrogen-bond acceptors (Lipinski definition) is 2. The molecule has 10 aromatic carbocycles. The van der Waals surface area contributed by atoms with Crippen molar-refractivity contribution in [2.24, 2.45) is 0 Å². The van der Waals surface area contributed by atoms with Crippen LogP contribution in [0.15, 0.2) is 218 Å². The Kier molecular flexibility index (Phi) is 8.55. The van der Waals surface area contributed by atoms with Gasteiger partial charge < -0.3 is 0 Å². The minimum Gasteiger partial charge on any atom is -0.228 e. The van der Waals surface area contributed by atoms with Crippen LogP contribution in [0.5, 0.6) is 0 Å². The van der Waals surface area contributed by atoms with Crippen molar-refractivity contribution in [2.45, 2.75) is 19.3 Å². The number of hydrogen-bond donors (Lipinski definition) is 0. The van der Waals surface area contributed by atoms with Crippen LogP contribution in [0.3, 0.4) is 0 Å². The Hall–Kier alpha value is -7.94. The first-order chi connectivity index (χ1) is 31.0. The maximum atomic E-state index is 5.28. The normalized spacial score (nSPS) is 12.7. The molecule has 0 spiro atoms. The Labute approximate surface area is 367 Å². The molecule has 0 radical (unpaired) electrons. The van der Waals surface area contributed by atoms with Gasteiger partial charge in [0.15, 0.2) is 5.82 Å². The van der Waals surface area contributed by atoms with Crippen molar-refractivity contribution in [2.75, 3.05) is 0 Å². The molecule has 0 atom stereocenters. The molecule has 2 heteroatoms. The molecular weight excluding hydrogens is 761 g/mol. The summed E-state index contributed by atoms with van der Waals surface area (Å²) in [5.74, 6) is 0.704. The summed E-state index contributed by atoms with van der Waals surface area (Å²) in [6, 6.07) is 79.1. The highest BCUT2D eigenvalue weighted by molar-refractivity contribution is 6.13. The largest absolute Gasteiger partial charge is 0.228 e. The summed E-state index contributed by atoms with van der Waals surface area (Å²) in [5, 5.41) is 7.30. The zero-order chi connectivity index (χ0) is 42.1. The molecule has 0 bridgehead atoms. The number of benzene rings is 10. The second-order valence-corrected chi connectivity index (χ2v) is 17.3. The highest BCUT2D eigenvalue weighted by Gasteiger charge is 2.36. The van der Waals surface area contributed by atoms with E-state index in [0.29, 0.717) is 5.82 Å². The molecule has 0 aliphatic heterocycles. The molecular formula is C61H42N2. The Morgan fingerprint density at radius 1 is 0.302 bits per heavy atom. The molecule has 0 unspecified atom stereocenters. The minimum atomic E-state index is -0.0618. The lowest BCUT2D eigenvalue weighted by Gasteiger charge is -2.22. The van der Waals surface area contributed by atoms with Crippen LogP contribution >= 0.6 is 0 Å². The lowest BCUT2D eigenvalue weighted by molar-refractivity contribution is 0.660. The smallest absolute Gasteiger partial charge is 0.160 e. The van der Waals surface area contributed by atoms with Crippen molar-refractivity contribution < 1.29 is 0 Å². The van der Waals surface area contributed by atoms with E-state index in [1.54, 1.807) is 0 Å². The number of nitrogens with zero attached hydrogens (tertiary/aromatic N) is 2. The van der Waals surface area contributed by atoms with Crippen LogP contribution in [0, 0.1) is 0 Å². The first kappa shape index (κ1) is 36.9. The maximum Gasteiger partial charge on any atom is 0.160 e. The summed E-state index contributed by atoms with van der Waals surface area (Å²) in [6.45, 7) is 4.71. The Morgan fingerprint density at radius 2 is 0.810 bits per heavy atom. The van der Waals surface area contributed by atoms with Crippen molar-refractivity contribution in [3.8, 4) is 78.4 Å². The molecule has 0 saturated carbocycles. The van der Waals surface area contributed by atoms with Crippen LogP contribution in [0.2, 0.25) is 0 Å². The molecule has 0 N–H and O–H groups in total. The third kappa shape index (κ3) is 6.09. The van der Waals surface area contributed by atoms with Crippen LogP contribution in [0.4, 0.5) is 0 Å². The van der Waals surface area contributed by atoms with E-state index >= 15 is 0 Å². The van der Waals surface area contributed by atoms with Gasteiger partial charge in [-0.1, -0.05) is 220 Å². The van der Waals surface area contributed by atoms with E-state index in [-0.39, 0.29) is 5.41 Å². The van der Waals surface area contributed by atoms with E-state index in [1.165, 1.54) is 82.6 Å². The van der Waals surface area contributed by atoms with Gasteiger partial charge in [0.2, 0.25) is 0 Å². The SMILES string of the molecule is CC1(C)c2ccccc2-c2c(-c3ccc(-c4ccc(-c5cc(-c6ccc(-c7ccc8ccccc8c7)cc6)nc(-c6ccccc6)n5)c5ccccc45)c4ccccc34)cccc21. The molecule has 2 nitrogen and oxygen atoms in total. The molecule has 0 amide bonds.